The summed E-state index contributed by atoms with van der Waals surface area (Å²) in [6.45, 7) is 1.78. The topological polar surface area (TPSA) is 20.2 Å². The van der Waals surface area contributed by atoms with E-state index in [-0.39, 0.29) is 6.10 Å². The van der Waals surface area contributed by atoms with E-state index in [0.717, 1.165) is 0 Å². The van der Waals surface area contributed by atoms with Gasteiger partial charge in [-0.3, -0.25) is 0 Å². The molecule has 62 valence electrons. The highest BCUT2D eigenvalue weighted by molar-refractivity contribution is 5.20. The van der Waals surface area contributed by atoms with E-state index in [0.29, 0.717) is 0 Å². The summed E-state index contributed by atoms with van der Waals surface area (Å²) in [5.74, 6) is 0. The molecule has 1 N–H and O–H groups in total. The Balaban J connectivity index is 2.41. The maximum atomic E-state index is 8.97. The molecule has 0 aliphatic heterocycles. The molecule has 0 spiro atoms. The number of aliphatic hydroxyl groups is 1. The average molecular weight is 152 g/mol. The lowest BCUT2D eigenvalue weighted by Crippen LogP contribution is -1.94. The van der Waals surface area contributed by atoms with Crippen LogP contribution in [0.15, 0.2) is 23.8 Å². The molecule has 0 radical (unpaired) electrons. The smallest absolute Gasteiger partial charge is 0.0695 e. The summed E-state index contributed by atoms with van der Waals surface area (Å²) < 4.78 is 0. The zero-order valence-electron chi connectivity index (χ0n) is 7.09. The van der Waals surface area contributed by atoms with Crippen LogP contribution in [0.1, 0.15) is 32.6 Å². The molecule has 1 rings (SSSR count). The molecule has 1 nitrogen and oxygen atoms in total. The number of allylic oxidation sites excluding steroid dienone is 3. The standard InChI is InChI=1S/C10H16O/c1-9(11)7-8-10-5-3-2-4-6-10/h5,7-9,11H,2-4,6H2,1H3/b8-7+/t9-/m0/s1. The van der Waals surface area contributed by atoms with E-state index >= 15 is 0 Å². The first kappa shape index (κ1) is 8.54. The fourth-order valence-electron chi connectivity index (χ4n) is 1.28. The van der Waals surface area contributed by atoms with Crippen molar-refractivity contribution in [3.8, 4) is 0 Å². The third-order valence-electron chi connectivity index (χ3n) is 1.91. The van der Waals surface area contributed by atoms with Gasteiger partial charge in [0, 0.05) is 0 Å². The summed E-state index contributed by atoms with van der Waals surface area (Å²) in [4.78, 5) is 0. The van der Waals surface area contributed by atoms with Crippen molar-refractivity contribution in [3.05, 3.63) is 23.8 Å². The van der Waals surface area contributed by atoms with Crippen LogP contribution in [0, 0.1) is 0 Å². The van der Waals surface area contributed by atoms with Gasteiger partial charge >= 0.3 is 0 Å². The van der Waals surface area contributed by atoms with E-state index in [1.165, 1.54) is 31.3 Å². The van der Waals surface area contributed by atoms with E-state index in [2.05, 4.69) is 6.08 Å². The second kappa shape index (κ2) is 4.35. The van der Waals surface area contributed by atoms with E-state index in [4.69, 9.17) is 5.11 Å². The Morgan fingerprint density at radius 1 is 1.55 bits per heavy atom. The van der Waals surface area contributed by atoms with Crippen molar-refractivity contribution in [1.29, 1.82) is 0 Å². The van der Waals surface area contributed by atoms with Gasteiger partial charge in [-0.05, 0) is 32.6 Å². The largest absolute Gasteiger partial charge is 0.389 e. The number of rotatable bonds is 2. The Hall–Kier alpha value is -0.560. The van der Waals surface area contributed by atoms with Gasteiger partial charge in [-0.15, -0.1) is 0 Å². The minimum absolute atomic E-state index is 0.308. The van der Waals surface area contributed by atoms with Gasteiger partial charge in [-0.25, -0.2) is 0 Å². The molecule has 0 heterocycles. The highest BCUT2D eigenvalue weighted by Gasteiger charge is 1.99. The van der Waals surface area contributed by atoms with Crippen LogP contribution in [0.2, 0.25) is 0 Å². The fraction of sp³-hybridized carbons (Fsp3) is 0.600. The maximum Gasteiger partial charge on any atom is 0.0695 e. The van der Waals surface area contributed by atoms with E-state index in [9.17, 15) is 0 Å². The molecule has 1 heteroatoms. The lowest BCUT2D eigenvalue weighted by molar-refractivity contribution is 0.244. The zero-order valence-corrected chi connectivity index (χ0v) is 7.09. The molecule has 0 fully saturated rings. The van der Waals surface area contributed by atoms with Crippen molar-refractivity contribution in [3.63, 3.8) is 0 Å². The molecule has 0 aromatic rings. The predicted octanol–water partition coefficient (Wildman–Crippen LogP) is 2.42. The minimum atomic E-state index is -0.308. The summed E-state index contributed by atoms with van der Waals surface area (Å²) in [6, 6.07) is 0. The number of hydrogen-bond donors (Lipinski definition) is 1. The number of hydrogen-bond acceptors (Lipinski definition) is 1. The second-order valence-corrected chi connectivity index (χ2v) is 3.12. The summed E-state index contributed by atoms with van der Waals surface area (Å²) in [6.07, 6.45) is 10.9. The molecule has 1 aliphatic rings. The SMILES string of the molecule is C[C@H](O)/C=C/C1=CCCCC1. The third kappa shape index (κ3) is 3.38. The van der Waals surface area contributed by atoms with Gasteiger partial charge in [0.05, 0.1) is 6.10 Å². The molecule has 0 aromatic carbocycles. The van der Waals surface area contributed by atoms with Crippen LogP contribution in [-0.2, 0) is 0 Å². The Morgan fingerprint density at radius 2 is 2.36 bits per heavy atom. The van der Waals surface area contributed by atoms with Crippen LogP contribution < -0.4 is 0 Å². The highest BCUT2D eigenvalue weighted by atomic mass is 16.3. The van der Waals surface area contributed by atoms with Crippen molar-refractivity contribution < 1.29 is 5.11 Å². The number of aliphatic hydroxyl groups excluding tert-OH is 1. The molecule has 0 unspecified atom stereocenters. The van der Waals surface area contributed by atoms with Crippen molar-refractivity contribution in [2.45, 2.75) is 38.7 Å². The van der Waals surface area contributed by atoms with Crippen LogP contribution in [0.25, 0.3) is 0 Å². The van der Waals surface area contributed by atoms with E-state index < -0.39 is 0 Å². The molecule has 1 aliphatic carbocycles. The normalized spacial score (nSPS) is 21.8. The summed E-state index contributed by atoms with van der Waals surface area (Å²) in [5.41, 5.74) is 1.39. The molecule has 11 heavy (non-hydrogen) atoms. The summed E-state index contributed by atoms with van der Waals surface area (Å²) in [7, 11) is 0. The van der Waals surface area contributed by atoms with Gasteiger partial charge in [0.1, 0.15) is 0 Å². The lowest BCUT2D eigenvalue weighted by atomic mass is 9.99. The van der Waals surface area contributed by atoms with Crippen molar-refractivity contribution in [1.82, 2.24) is 0 Å². The average Bonchev–Trinajstić information content (AvgIpc) is 2.03. The summed E-state index contributed by atoms with van der Waals surface area (Å²) >= 11 is 0. The van der Waals surface area contributed by atoms with E-state index in [1.54, 1.807) is 6.92 Å². The molecular weight excluding hydrogens is 136 g/mol. The molecular formula is C10H16O. The molecule has 0 amide bonds. The van der Waals surface area contributed by atoms with Crippen LogP contribution in [0.3, 0.4) is 0 Å². The van der Waals surface area contributed by atoms with Gasteiger partial charge in [0.2, 0.25) is 0 Å². The first-order valence-corrected chi connectivity index (χ1v) is 4.34. The van der Waals surface area contributed by atoms with Crippen LogP contribution >= 0.6 is 0 Å². The maximum absolute atomic E-state index is 8.97. The van der Waals surface area contributed by atoms with Crippen molar-refractivity contribution in [2.24, 2.45) is 0 Å². The fourth-order valence-corrected chi connectivity index (χ4v) is 1.28. The van der Waals surface area contributed by atoms with Gasteiger partial charge < -0.3 is 5.11 Å². The predicted molar refractivity (Wildman–Crippen MR) is 47.4 cm³/mol. The van der Waals surface area contributed by atoms with E-state index in [1.807, 2.05) is 12.2 Å². The Kier molecular flexibility index (Phi) is 3.37. The second-order valence-electron chi connectivity index (χ2n) is 3.12. The van der Waals surface area contributed by atoms with Crippen LogP contribution in [0.4, 0.5) is 0 Å². The molecule has 0 saturated heterocycles. The lowest BCUT2D eigenvalue weighted by Gasteiger charge is -2.08. The van der Waals surface area contributed by atoms with Crippen LogP contribution in [-0.4, -0.2) is 11.2 Å². The van der Waals surface area contributed by atoms with Gasteiger partial charge in [-0.1, -0.05) is 23.8 Å². The quantitative estimate of drug-likeness (QED) is 0.644. The zero-order chi connectivity index (χ0) is 8.10. The third-order valence-corrected chi connectivity index (χ3v) is 1.91. The molecule has 0 aromatic heterocycles. The molecule has 1 atom stereocenters. The van der Waals surface area contributed by atoms with Crippen LogP contribution in [0.5, 0.6) is 0 Å². The first-order chi connectivity index (χ1) is 5.29. The monoisotopic (exact) mass is 152 g/mol. The minimum Gasteiger partial charge on any atom is -0.389 e. The van der Waals surface area contributed by atoms with Crippen molar-refractivity contribution in [2.75, 3.05) is 0 Å². The first-order valence-electron chi connectivity index (χ1n) is 4.34. The summed E-state index contributed by atoms with van der Waals surface area (Å²) in [5, 5.41) is 8.97. The van der Waals surface area contributed by atoms with Gasteiger partial charge in [0.25, 0.3) is 0 Å². The van der Waals surface area contributed by atoms with Gasteiger partial charge in [-0.2, -0.15) is 0 Å². The Bertz CT molecular complexity index is 166. The van der Waals surface area contributed by atoms with Gasteiger partial charge in [0.15, 0.2) is 0 Å². The Labute approximate surface area is 68.4 Å². The highest BCUT2D eigenvalue weighted by Crippen LogP contribution is 2.18. The Morgan fingerprint density at radius 3 is 2.91 bits per heavy atom. The van der Waals surface area contributed by atoms with Crippen molar-refractivity contribution >= 4 is 0 Å². The molecule has 0 bridgehead atoms. The molecule has 0 saturated carbocycles.